The van der Waals surface area contributed by atoms with Crippen LogP contribution >= 0.6 is 23.2 Å². The van der Waals surface area contributed by atoms with Crippen LogP contribution in [0.5, 0.6) is 0 Å². The summed E-state index contributed by atoms with van der Waals surface area (Å²) in [6.07, 6.45) is 2.01. The molecule has 0 saturated carbocycles. The molecule has 1 amide bonds. The van der Waals surface area contributed by atoms with Crippen molar-refractivity contribution in [2.75, 3.05) is 5.32 Å². The number of aromatic nitrogens is 4. The number of benzene rings is 1. The SMILES string of the molecule is Cc1noc(C)c1-c1ccc(-n2c(NC(C)C)nc3c(c2=O)C[C@@H](C)N(C(=O)c2ccc(Cl)c(Cl)c2)C3)cn1. The standard InChI is InChI=1S/C28H28Cl2N6O3/c1-14(2)32-28-33-24-13-35(26(37)18-6-8-21(29)22(30)11-18)15(3)10-20(24)27(38)36(28)19-7-9-23(31-12-19)25-16(4)34-39-17(25)5/h6-9,11-12,14-15H,10,13H2,1-5H3,(H,32,33)/t15-/m1/s1. The highest BCUT2D eigenvalue weighted by atomic mass is 35.5. The van der Waals surface area contributed by atoms with E-state index in [1.54, 1.807) is 33.9 Å². The molecule has 4 aromatic rings. The number of aryl methyl sites for hydroxylation is 2. The van der Waals surface area contributed by atoms with Crippen LogP contribution < -0.4 is 10.9 Å². The Morgan fingerprint density at radius 1 is 1.15 bits per heavy atom. The third-order valence-electron chi connectivity index (χ3n) is 6.75. The van der Waals surface area contributed by atoms with Crippen molar-refractivity contribution in [3.63, 3.8) is 0 Å². The highest BCUT2D eigenvalue weighted by Crippen LogP contribution is 2.29. The van der Waals surface area contributed by atoms with E-state index in [1.165, 1.54) is 0 Å². The van der Waals surface area contributed by atoms with E-state index < -0.39 is 0 Å². The van der Waals surface area contributed by atoms with Gasteiger partial charge in [0.25, 0.3) is 11.5 Å². The van der Waals surface area contributed by atoms with Gasteiger partial charge in [0.1, 0.15) is 5.76 Å². The molecular formula is C28H28Cl2N6O3. The minimum atomic E-state index is -0.230. The predicted molar refractivity (Wildman–Crippen MR) is 151 cm³/mol. The van der Waals surface area contributed by atoms with Gasteiger partial charge >= 0.3 is 0 Å². The topological polar surface area (TPSA) is 106 Å². The summed E-state index contributed by atoms with van der Waals surface area (Å²) in [6.45, 7) is 9.75. The third kappa shape index (κ3) is 5.04. The number of amides is 1. The highest BCUT2D eigenvalue weighted by molar-refractivity contribution is 6.42. The molecule has 1 aliphatic heterocycles. The van der Waals surface area contributed by atoms with Gasteiger partial charge in [-0.15, -0.1) is 0 Å². The Labute approximate surface area is 235 Å². The molecule has 0 radical (unpaired) electrons. The van der Waals surface area contributed by atoms with Crippen LogP contribution in [0.25, 0.3) is 16.9 Å². The third-order valence-corrected chi connectivity index (χ3v) is 7.49. The first-order chi connectivity index (χ1) is 18.5. The average molecular weight is 567 g/mol. The zero-order valence-electron chi connectivity index (χ0n) is 22.2. The molecular weight excluding hydrogens is 539 g/mol. The van der Waals surface area contributed by atoms with Gasteiger partial charge in [-0.3, -0.25) is 14.6 Å². The largest absolute Gasteiger partial charge is 0.361 e. The number of carbonyl (C=O) groups is 1. The van der Waals surface area contributed by atoms with E-state index in [-0.39, 0.29) is 30.1 Å². The Kier molecular flexibility index (Phi) is 7.22. The Morgan fingerprint density at radius 3 is 2.54 bits per heavy atom. The van der Waals surface area contributed by atoms with Gasteiger partial charge in [-0.2, -0.15) is 0 Å². The second-order valence-corrected chi connectivity index (χ2v) is 10.8. The summed E-state index contributed by atoms with van der Waals surface area (Å²) >= 11 is 12.2. The molecule has 39 heavy (non-hydrogen) atoms. The maximum atomic E-state index is 13.9. The summed E-state index contributed by atoms with van der Waals surface area (Å²) in [6, 6.07) is 8.26. The number of hydrogen-bond acceptors (Lipinski definition) is 7. The van der Waals surface area contributed by atoms with Gasteiger partial charge in [-0.05, 0) is 71.4 Å². The van der Waals surface area contributed by atoms with Crippen LogP contribution in [-0.2, 0) is 13.0 Å². The number of halogens is 2. The van der Waals surface area contributed by atoms with Crippen molar-refractivity contribution < 1.29 is 9.32 Å². The van der Waals surface area contributed by atoms with E-state index >= 15 is 0 Å². The van der Waals surface area contributed by atoms with Crippen LogP contribution in [0.1, 0.15) is 53.8 Å². The summed E-state index contributed by atoms with van der Waals surface area (Å²) < 4.78 is 6.83. The Balaban J connectivity index is 1.54. The van der Waals surface area contributed by atoms with Crippen molar-refractivity contribution in [2.45, 2.75) is 59.7 Å². The van der Waals surface area contributed by atoms with Gasteiger partial charge in [0, 0.05) is 23.2 Å². The number of rotatable bonds is 5. The number of carbonyl (C=O) groups excluding carboxylic acids is 1. The smallest absolute Gasteiger partial charge is 0.263 e. The first-order valence-electron chi connectivity index (χ1n) is 12.6. The molecule has 0 aliphatic carbocycles. The van der Waals surface area contributed by atoms with Crippen LogP contribution in [0.4, 0.5) is 5.95 Å². The van der Waals surface area contributed by atoms with Crippen LogP contribution in [0.2, 0.25) is 10.0 Å². The normalized spacial score (nSPS) is 15.0. The van der Waals surface area contributed by atoms with Crippen molar-refractivity contribution >= 4 is 35.1 Å². The number of pyridine rings is 1. The summed E-state index contributed by atoms with van der Waals surface area (Å²) in [5.74, 6) is 0.865. The van der Waals surface area contributed by atoms with E-state index in [1.807, 2.05) is 46.8 Å². The lowest BCUT2D eigenvalue weighted by atomic mass is 9.98. The molecule has 1 aromatic carbocycles. The van der Waals surface area contributed by atoms with Gasteiger partial charge in [-0.25, -0.2) is 9.55 Å². The van der Waals surface area contributed by atoms with Gasteiger partial charge < -0.3 is 14.7 Å². The fraction of sp³-hybridized carbons (Fsp3) is 0.321. The van der Waals surface area contributed by atoms with E-state index in [2.05, 4.69) is 15.5 Å². The summed E-state index contributed by atoms with van der Waals surface area (Å²) in [4.78, 5) is 38.4. The second-order valence-electron chi connectivity index (χ2n) is 10.0. The zero-order chi connectivity index (χ0) is 28.0. The molecule has 1 aliphatic rings. The molecule has 3 aromatic heterocycles. The molecule has 4 heterocycles. The quantitative estimate of drug-likeness (QED) is 0.334. The number of hydrogen-bond donors (Lipinski definition) is 1. The molecule has 0 fully saturated rings. The number of nitrogens with one attached hydrogen (secondary N) is 1. The summed E-state index contributed by atoms with van der Waals surface area (Å²) in [5, 5.41) is 7.98. The first kappa shape index (κ1) is 26.9. The molecule has 11 heteroatoms. The van der Waals surface area contributed by atoms with Crippen molar-refractivity contribution in [1.82, 2.24) is 24.6 Å². The average Bonchev–Trinajstić information content (AvgIpc) is 3.23. The predicted octanol–water partition coefficient (Wildman–Crippen LogP) is 5.61. The molecule has 1 N–H and O–H groups in total. The molecule has 0 bridgehead atoms. The Hall–Kier alpha value is -3.69. The molecule has 202 valence electrons. The van der Waals surface area contributed by atoms with Gasteiger partial charge in [-0.1, -0.05) is 28.4 Å². The molecule has 0 spiro atoms. The van der Waals surface area contributed by atoms with Crippen LogP contribution in [-0.4, -0.2) is 42.6 Å². The number of nitrogens with zero attached hydrogens (tertiary/aromatic N) is 5. The van der Waals surface area contributed by atoms with Crippen molar-refractivity contribution in [3.8, 4) is 16.9 Å². The van der Waals surface area contributed by atoms with Gasteiger partial charge in [0.15, 0.2) is 0 Å². The molecule has 5 rings (SSSR count). The molecule has 9 nitrogen and oxygen atoms in total. The Morgan fingerprint density at radius 2 is 1.92 bits per heavy atom. The van der Waals surface area contributed by atoms with E-state index in [4.69, 9.17) is 32.7 Å². The number of fused-ring (bicyclic) bond motifs is 1. The van der Waals surface area contributed by atoms with Crippen molar-refractivity contribution in [1.29, 1.82) is 0 Å². The lowest BCUT2D eigenvalue weighted by molar-refractivity contribution is 0.0653. The van der Waals surface area contributed by atoms with E-state index in [0.29, 0.717) is 56.4 Å². The first-order valence-corrected chi connectivity index (χ1v) is 13.4. The number of anilines is 1. The lowest BCUT2D eigenvalue weighted by Gasteiger charge is -2.34. The fourth-order valence-corrected chi connectivity index (χ4v) is 5.13. The maximum absolute atomic E-state index is 13.9. The minimum absolute atomic E-state index is 0.00666. The van der Waals surface area contributed by atoms with Crippen LogP contribution in [0, 0.1) is 13.8 Å². The van der Waals surface area contributed by atoms with Crippen LogP contribution in [0.3, 0.4) is 0 Å². The molecule has 0 saturated heterocycles. The zero-order valence-corrected chi connectivity index (χ0v) is 23.8. The highest BCUT2D eigenvalue weighted by Gasteiger charge is 2.32. The van der Waals surface area contributed by atoms with Crippen molar-refractivity contribution in [2.24, 2.45) is 0 Å². The fourth-order valence-electron chi connectivity index (χ4n) is 4.83. The summed E-state index contributed by atoms with van der Waals surface area (Å²) in [5.41, 5.74) is 4.24. The summed E-state index contributed by atoms with van der Waals surface area (Å²) in [7, 11) is 0. The van der Waals surface area contributed by atoms with Gasteiger partial charge in [0.05, 0.1) is 51.1 Å². The lowest BCUT2D eigenvalue weighted by Crippen LogP contribution is -2.46. The Bertz CT molecular complexity index is 1610. The second kappa shape index (κ2) is 10.5. The van der Waals surface area contributed by atoms with E-state index in [9.17, 15) is 9.59 Å². The maximum Gasteiger partial charge on any atom is 0.263 e. The van der Waals surface area contributed by atoms with E-state index in [0.717, 1.165) is 11.3 Å². The molecule has 1 atom stereocenters. The van der Waals surface area contributed by atoms with Crippen LogP contribution in [0.15, 0.2) is 45.8 Å². The van der Waals surface area contributed by atoms with Crippen molar-refractivity contribution in [3.05, 3.63) is 85.2 Å². The molecule has 0 unspecified atom stereocenters. The van der Waals surface area contributed by atoms with Gasteiger partial charge in [0.2, 0.25) is 5.95 Å². The monoisotopic (exact) mass is 566 g/mol. The minimum Gasteiger partial charge on any atom is -0.361 e.